The van der Waals surface area contributed by atoms with Gasteiger partial charge in [-0.1, -0.05) is 0 Å². The third-order valence-corrected chi connectivity index (χ3v) is 2.09. The summed E-state index contributed by atoms with van der Waals surface area (Å²) in [5.41, 5.74) is 0. The van der Waals surface area contributed by atoms with Gasteiger partial charge in [0.05, 0.1) is 0 Å². The standard InChI is InChI=1S/C9H18N4O/c1-4-13(3)9-11-8(14-12-9)6-5-7-10-2/h10H,4-7H2,1-3H3. The van der Waals surface area contributed by atoms with E-state index >= 15 is 0 Å². The number of nitrogens with one attached hydrogen (secondary N) is 1. The van der Waals surface area contributed by atoms with E-state index in [1.807, 2.05) is 19.0 Å². The summed E-state index contributed by atoms with van der Waals surface area (Å²) in [5, 5.41) is 6.96. The summed E-state index contributed by atoms with van der Waals surface area (Å²) in [4.78, 5) is 6.22. The van der Waals surface area contributed by atoms with E-state index in [2.05, 4.69) is 22.4 Å². The number of aromatic nitrogens is 2. The Balaban J connectivity index is 2.42. The zero-order valence-electron chi connectivity index (χ0n) is 9.08. The Hall–Kier alpha value is -1.10. The van der Waals surface area contributed by atoms with Crippen LogP contribution in [0.15, 0.2) is 4.52 Å². The van der Waals surface area contributed by atoms with Crippen molar-refractivity contribution in [3.8, 4) is 0 Å². The van der Waals surface area contributed by atoms with Crippen LogP contribution in [0, 0.1) is 0 Å². The molecular formula is C9H18N4O. The largest absolute Gasteiger partial charge is 0.342 e. The number of anilines is 1. The van der Waals surface area contributed by atoms with Crippen LogP contribution in [0.25, 0.3) is 0 Å². The Kier molecular flexibility index (Phi) is 4.39. The van der Waals surface area contributed by atoms with Gasteiger partial charge < -0.3 is 14.7 Å². The molecule has 80 valence electrons. The number of rotatable bonds is 6. The summed E-state index contributed by atoms with van der Waals surface area (Å²) in [7, 11) is 3.88. The molecule has 0 saturated heterocycles. The Morgan fingerprint density at radius 3 is 2.93 bits per heavy atom. The molecular weight excluding hydrogens is 180 g/mol. The van der Waals surface area contributed by atoms with Gasteiger partial charge >= 0.3 is 0 Å². The van der Waals surface area contributed by atoms with E-state index in [1.54, 1.807) is 0 Å². The molecule has 0 bridgehead atoms. The molecule has 0 fully saturated rings. The SMILES string of the molecule is CCN(C)c1noc(CCCNC)n1. The van der Waals surface area contributed by atoms with Gasteiger partial charge in [-0.05, 0) is 32.1 Å². The smallest absolute Gasteiger partial charge is 0.265 e. The van der Waals surface area contributed by atoms with Crippen LogP contribution in [0.3, 0.4) is 0 Å². The van der Waals surface area contributed by atoms with Crippen LogP contribution in [0.2, 0.25) is 0 Å². The highest BCUT2D eigenvalue weighted by Crippen LogP contribution is 2.07. The van der Waals surface area contributed by atoms with Gasteiger partial charge in [-0.25, -0.2) is 0 Å². The van der Waals surface area contributed by atoms with Crippen molar-refractivity contribution in [3.63, 3.8) is 0 Å². The normalized spacial score (nSPS) is 10.5. The van der Waals surface area contributed by atoms with Crippen molar-refractivity contribution >= 4 is 5.95 Å². The molecule has 0 aliphatic carbocycles. The first-order valence-electron chi connectivity index (χ1n) is 4.96. The molecule has 1 rings (SSSR count). The van der Waals surface area contributed by atoms with Crippen LogP contribution < -0.4 is 10.2 Å². The summed E-state index contributed by atoms with van der Waals surface area (Å²) in [6.45, 7) is 3.91. The van der Waals surface area contributed by atoms with Gasteiger partial charge in [0.15, 0.2) is 0 Å². The number of hydrogen-bond donors (Lipinski definition) is 1. The van der Waals surface area contributed by atoms with Gasteiger partial charge in [-0.2, -0.15) is 4.98 Å². The van der Waals surface area contributed by atoms with E-state index < -0.39 is 0 Å². The molecule has 0 aromatic carbocycles. The zero-order valence-corrected chi connectivity index (χ0v) is 9.08. The highest BCUT2D eigenvalue weighted by atomic mass is 16.5. The van der Waals surface area contributed by atoms with E-state index in [1.165, 1.54) is 0 Å². The monoisotopic (exact) mass is 198 g/mol. The first-order valence-corrected chi connectivity index (χ1v) is 4.96. The maximum atomic E-state index is 5.10. The van der Waals surface area contributed by atoms with E-state index in [9.17, 15) is 0 Å². The third kappa shape index (κ3) is 2.99. The van der Waals surface area contributed by atoms with Gasteiger partial charge in [-0.15, -0.1) is 0 Å². The van der Waals surface area contributed by atoms with Crippen LogP contribution in [0.5, 0.6) is 0 Å². The summed E-state index contributed by atoms with van der Waals surface area (Å²) >= 11 is 0. The lowest BCUT2D eigenvalue weighted by Gasteiger charge is -2.08. The minimum absolute atomic E-state index is 0.673. The molecule has 5 nitrogen and oxygen atoms in total. The first kappa shape index (κ1) is 11.0. The molecule has 14 heavy (non-hydrogen) atoms. The summed E-state index contributed by atoms with van der Waals surface area (Å²) in [6.07, 6.45) is 1.86. The van der Waals surface area contributed by atoms with Crippen molar-refractivity contribution in [1.29, 1.82) is 0 Å². The van der Waals surface area contributed by atoms with Crippen molar-refractivity contribution < 1.29 is 4.52 Å². The van der Waals surface area contributed by atoms with Crippen molar-refractivity contribution in [2.24, 2.45) is 0 Å². The topological polar surface area (TPSA) is 54.2 Å². The highest BCUT2D eigenvalue weighted by molar-refractivity contribution is 5.24. The lowest BCUT2D eigenvalue weighted by atomic mass is 10.3. The Morgan fingerprint density at radius 2 is 2.29 bits per heavy atom. The molecule has 0 radical (unpaired) electrons. The van der Waals surface area contributed by atoms with Crippen molar-refractivity contribution in [3.05, 3.63) is 5.89 Å². The molecule has 0 atom stereocenters. The maximum Gasteiger partial charge on any atom is 0.265 e. The van der Waals surface area contributed by atoms with E-state index in [0.29, 0.717) is 5.95 Å². The average Bonchev–Trinajstić information content (AvgIpc) is 2.66. The van der Waals surface area contributed by atoms with Gasteiger partial charge in [0.25, 0.3) is 5.95 Å². The van der Waals surface area contributed by atoms with E-state index in [4.69, 9.17) is 4.52 Å². The van der Waals surface area contributed by atoms with Crippen LogP contribution in [-0.2, 0) is 6.42 Å². The van der Waals surface area contributed by atoms with Gasteiger partial charge in [-0.3, -0.25) is 0 Å². The summed E-state index contributed by atoms with van der Waals surface area (Å²) < 4.78 is 5.10. The third-order valence-electron chi connectivity index (χ3n) is 2.09. The molecule has 0 saturated carbocycles. The number of nitrogens with zero attached hydrogens (tertiary/aromatic N) is 3. The van der Waals surface area contributed by atoms with Crippen LogP contribution >= 0.6 is 0 Å². The van der Waals surface area contributed by atoms with Gasteiger partial charge in [0.2, 0.25) is 5.89 Å². The zero-order chi connectivity index (χ0) is 10.4. The van der Waals surface area contributed by atoms with Crippen molar-refractivity contribution in [1.82, 2.24) is 15.5 Å². The second-order valence-corrected chi connectivity index (χ2v) is 3.21. The second kappa shape index (κ2) is 5.59. The van der Waals surface area contributed by atoms with Gasteiger partial charge in [0.1, 0.15) is 0 Å². The second-order valence-electron chi connectivity index (χ2n) is 3.21. The molecule has 1 heterocycles. The Bertz CT molecular complexity index is 261. The van der Waals surface area contributed by atoms with Crippen molar-refractivity contribution in [2.45, 2.75) is 19.8 Å². The Labute approximate surface area is 84.5 Å². The molecule has 0 aliphatic heterocycles. The van der Waals surface area contributed by atoms with Gasteiger partial charge in [0, 0.05) is 20.0 Å². The predicted octanol–water partition coefficient (Wildman–Crippen LogP) is 0.678. The molecule has 1 aromatic heterocycles. The maximum absolute atomic E-state index is 5.10. The number of aryl methyl sites for hydroxylation is 1. The van der Waals surface area contributed by atoms with E-state index in [-0.39, 0.29) is 0 Å². The quantitative estimate of drug-likeness (QED) is 0.681. The molecule has 0 spiro atoms. The van der Waals surface area contributed by atoms with Crippen molar-refractivity contribution in [2.75, 3.05) is 32.1 Å². The molecule has 0 unspecified atom stereocenters. The van der Waals surface area contributed by atoms with E-state index in [0.717, 1.165) is 31.8 Å². The van der Waals surface area contributed by atoms with Crippen LogP contribution in [-0.4, -0.2) is 37.3 Å². The van der Waals surface area contributed by atoms with Crippen LogP contribution in [0.4, 0.5) is 5.95 Å². The molecule has 5 heteroatoms. The number of hydrogen-bond acceptors (Lipinski definition) is 5. The fourth-order valence-electron chi connectivity index (χ4n) is 1.06. The molecule has 0 amide bonds. The lowest BCUT2D eigenvalue weighted by Crippen LogP contribution is -2.17. The highest BCUT2D eigenvalue weighted by Gasteiger charge is 2.08. The summed E-state index contributed by atoms with van der Waals surface area (Å²) in [6, 6.07) is 0. The minimum Gasteiger partial charge on any atom is -0.342 e. The lowest BCUT2D eigenvalue weighted by molar-refractivity contribution is 0.374. The first-order chi connectivity index (χ1) is 6.77. The Morgan fingerprint density at radius 1 is 1.50 bits per heavy atom. The predicted molar refractivity (Wildman–Crippen MR) is 55.5 cm³/mol. The minimum atomic E-state index is 0.673. The fraction of sp³-hybridized carbons (Fsp3) is 0.778. The average molecular weight is 198 g/mol. The molecule has 0 aliphatic rings. The van der Waals surface area contributed by atoms with Crippen LogP contribution in [0.1, 0.15) is 19.2 Å². The molecule has 1 N–H and O–H groups in total. The summed E-state index contributed by atoms with van der Waals surface area (Å²) in [5.74, 6) is 1.39. The molecule has 1 aromatic rings. The fourth-order valence-corrected chi connectivity index (χ4v) is 1.06.